The first-order chi connectivity index (χ1) is 10.0. The maximum Gasteiger partial charge on any atom is 0.331 e. The van der Waals surface area contributed by atoms with Crippen molar-refractivity contribution in [2.75, 3.05) is 11.1 Å². The minimum Gasteiger partial charge on any atom is -0.393 e. The quantitative estimate of drug-likeness (QED) is 0.842. The number of carbonyl (C=O) groups is 1. The van der Waals surface area contributed by atoms with Crippen LogP contribution in [0.15, 0.2) is 46.1 Å². The summed E-state index contributed by atoms with van der Waals surface area (Å²) in [6, 6.07) is 8.78. The van der Waals surface area contributed by atoms with Crippen LogP contribution >= 0.6 is 0 Å². The zero-order chi connectivity index (χ0) is 15.4. The first-order valence-electron chi connectivity index (χ1n) is 6.47. The molecular weight excluding hydrogens is 272 g/mol. The van der Waals surface area contributed by atoms with E-state index < -0.39 is 17.2 Å². The van der Waals surface area contributed by atoms with E-state index in [4.69, 9.17) is 5.73 Å². The molecule has 1 aromatic heterocycles. The molecule has 0 atom stereocenters. The molecule has 0 aliphatic carbocycles. The minimum atomic E-state index is -0.659. The lowest BCUT2D eigenvalue weighted by Gasteiger charge is -2.10. The molecular formula is C14H16N4O3. The summed E-state index contributed by atoms with van der Waals surface area (Å²) in [4.78, 5) is 35.9. The number of aromatic nitrogens is 2. The lowest BCUT2D eigenvalue weighted by molar-refractivity contribution is -0.116. The van der Waals surface area contributed by atoms with Gasteiger partial charge in [0.25, 0.3) is 5.56 Å². The van der Waals surface area contributed by atoms with Crippen LogP contribution in [0, 0.1) is 0 Å². The number of nitrogens with two attached hydrogens (primary N) is 1. The number of amides is 1. The second-order valence-electron chi connectivity index (χ2n) is 4.46. The number of nitrogens with zero attached hydrogens (tertiary/aromatic N) is 2. The molecule has 0 spiro atoms. The smallest absolute Gasteiger partial charge is 0.331 e. The SMILES string of the molecule is CCn1cc(N)c(=O)n(CC(=O)Nc2ccccc2)c1=O. The van der Waals surface area contributed by atoms with E-state index in [9.17, 15) is 14.4 Å². The van der Waals surface area contributed by atoms with Gasteiger partial charge in [0.1, 0.15) is 12.2 Å². The van der Waals surface area contributed by atoms with E-state index >= 15 is 0 Å². The Bertz CT molecular complexity index is 762. The van der Waals surface area contributed by atoms with Crippen LogP contribution in [0.5, 0.6) is 0 Å². The van der Waals surface area contributed by atoms with Gasteiger partial charge in [0.05, 0.1) is 0 Å². The fourth-order valence-corrected chi connectivity index (χ4v) is 1.91. The fourth-order valence-electron chi connectivity index (χ4n) is 1.91. The zero-order valence-electron chi connectivity index (χ0n) is 11.6. The normalized spacial score (nSPS) is 10.3. The number of benzene rings is 1. The maximum atomic E-state index is 12.1. The lowest BCUT2D eigenvalue weighted by atomic mass is 10.3. The molecule has 0 saturated heterocycles. The molecule has 0 aliphatic heterocycles. The van der Waals surface area contributed by atoms with E-state index in [2.05, 4.69) is 5.32 Å². The minimum absolute atomic E-state index is 0.0658. The van der Waals surface area contributed by atoms with Gasteiger partial charge in [-0.2, -0.15) is 0 Å². The Morgan fingerprint density at radius 3 is 2.52 bits per heavy atom. The van der Waals surface area contributed by atoms with Gasteiger partial charge in [0.15, 0.2) is 0 Å². The van der Waals surface area contributed by atoms with Crippen molar-refractivity contribution in [1.29, 1.82) is 0 Å². The van der Waals surface area contributed by atoms with E-state index in [1.807, 2.05) is 6.07 Å². The zero-order valence-corrected chi connectivity index (χ0v) is 11.6. The second kappa shape index (κ2) is 6.08. The van der Waals surface area contributed by atoms with Crippen LogP contribution in [0.1, 0.15) is 6.92 Å². The van der Waals surface area contributed by atoms with Gasteiger partial charge >= 0.3 is 5.69 Å². The first-order valence-corrected chi connectivity index (χ1v) is 6.47. The van der Waals surface area contributed by atoms with Crippen LogP contribution in [0.3, 0.4) is 0 Å². The average Bonchev–Trinajstić information content (AvgIpc) is 2.48. The Balaban J connectivity index is 2.27. The summed E-state index contributed by atoms with van der Waals surface area (Å²) in [6.45, 7) is 1.74. The summed E-state index contributed by atoms with van der Waals surface area (Å²) in [5.74, 6) is -0.464. The number of rotatable bonds is 4. The van der Waals surface area contributed by atoms with Crippen molar-refractivity contribution in [1.82, 2.24) is 9.13 Å². The molecule has 1 amide bonds. The van der Waals surface area contributed by atoms with Crippen LogP contribution in [0.2, 0.25) is 0 Å². The third-order valence-electron chi connectivity index (χ3n) is 2.96. The molecule has 2 rings (SSSR count). The van der Waals surface area contributed by atoms with Crippen molar-refractivity contribution in [2.24, 2.45) is 0 Å². The largest absolute Gasteiger partial charge is 0.393 e. The van der Waals surface area contributed by atoms with Gasteiger partial charge in [-0.05, 0) is 19.1 Å². The summed E-state index contributed by atoms with van der Waals surface area (Å²) in [6.07, 6.45) is 1.29. The van der Waals surface area contributed by atoms with Gasteiger partial charge in [-0.25, -0.2) is 9.36 Å². The van der Waals surface area contributed by atoms with E-state index in [-0.39, 0.29) is 12.2 Å². The third-order valence-corrected chi connectivity index (χ3v) is 2.96. The molecule has 0 radical (unpaired) electrons. The number of carbonyl (C=O) groups excluding carboxylic acids is 1. The summed E-state index contributed by atoms with van der Waals surface area (Å²) >= 11 is 0. The van der Waals surface area contributed by atoms with Crippen molar-refractivity contribution in [3.05, 3.63) is 57.4 Å². The van der Waals surface area contributed by atoms with E-state index in [1.54, 1.807) is 31.2 Å². The summed E-state index contributed by atoms with van der Waals surface area (Å²) in [5.41, 5.74) is 4.88. The highest BCUT2D eigenvalue weighted by Gasteiger charge is 2.12. The van der Waals surface area contributed by atoms with Crippen molar-refractivity contribution in [3.63, 3.8) is 0 Å². The van der Waals surface area contributed by atoms with Crippen molar-refractivity contribution in [3.8, 4) is 0 Å². The fraction of sp³-hybridized carbons (Fsp3) is 0.214. The third kappa shape index (κ3) is 3.19. The van der Waals surface area contributed by atoms with E-state index in [1.165, 1.54) is 10.8 Å². The second-order valence-corrected chi connectivity index (χ2v) is 4.46. The molecule has 21 heavy (non-hydrogen) atoms. The molecule has 110 valence electrons. The number of hydrogen-bond donors (Lipinski definition) is 2. The van der Waals surface area contributed by atoms with Crippen molar-refractivity contribution < 1.29 is 4.79 Å². The highest BCUT2D eigenvalue weighted by Crippen LogP contribution is 2.04. The van der Waals surface area contributed by atoms with Crippen LogP contribution in [-0.4, -0.2) is 15.0 Å². The van der Waals surface area contributed by atoms with Crippen LogP contribution in [0.25, 0.3) is 0 Å². The van der Waals surface area contributed by atoms with Crippen LogP contribution in [0.4, 0.5) is 11.4 Å². The Morgan fingerprint density at radius 1 is 1.24 bits per heavy atom. The number of para-hydroxylation sites is 1. The standard InChI is InChI=1S/C14H16N4O3/c1-2-17-8-11(15)13(20)18(14(17)21)9-12(19)16-10-6-4-3-5-7-10/h3-8H,2,9,15H2,1H3,(H,16,19). The molecule has 3 N–H and O–H groups in total. The Labute approximate surface area is 120 Å². The molecule has 2 aromatic rings. The van der Waals surface area contributed by atoms with Gasteiger partial charge in [-0.1, -0.05) is 18.2 Å². The van der Waals surface area contributed by atoms with E-state index in [0.29, 0.717) is 12.2 Å². The molecule has 7 nitrogen and oxygen atoms in total. The molecule has 7 heteroatoms. The predicted octanol–water partition coefficient (Wildman–Crippen LogP) is 0.251. The average molecular weight is 288 g/mol. The monoisotopic (exact) mass is 288 g/mol. The highest BCUT2D eigenvalue weighted by atomic mass is 16.2. The predicted molar refractivity (Wildman–Crippen MR) is 80.1 cm³/mol. The van der Waals surface area contributed by atoms with Gasteiger partial charge < -0.3 is 11.1 Å². The number of aryl methyl sites for hydroxylation is 1. The molecule has 0 bridgehead atoms. The van der Waals surface area contributed by atoms with Gasteiger partial charge in [0.2, 0.25) is 5.91 Å². The summed E-state index contributed by atoms with van der Waals surface area (Å²) in [5, 5.41) is 2.61. The molecule has 0 fully saturated rings. The van der Waals surface area contributed by atoms with Crippen LogP contribution in [-0.2, 0) is 17.9 Å². The topological polar surface area (TPSA) is 99.1 Å². The Hall–Kier alpha value is -2.83. The molecule has 0 saturated carbocycles. The molecule has 1 aromatic carbocycles. The first kappa shape index (κ1) is 14.6. The van der Waals surface area contributed by atoms with Gasteiger partial charge in [-0.3, -0.25) is 14.2 Å². The Kier molecular flexibility index (Phi) is 4.22. The number of nitrogen functional groups attached to an aromatic ring is 1. The van der Waals surface area contributed by atoms with Gasteiger partial charge in [-0.15, -0.1) is 0 Å². The van der Waals surface area contributed by atoms with Crippen LogP contribution < -0.4 is 22.3 Å². The van der Waals surface area contributed by atoms with Gasteiger partial charge in [0, 0.05) is 18.4 Å². The molecule has 0 aliphatic rings. The summed E-state index contributed by atoms with van der Waals surface area (Å²) < 4.78 is 2.11. The lowest BCUT2D eigenvalue weighted by Crippen LogP contribution is -2.43. The molecule has 0 unspecified atom stereocenters. The number of nitrogens with one attached hydrogen (secondary N) is 1. The highest BCUT2D eigenvalue weighted by molar-refractivity contribution is 5.90. The maximum absolute atomic E-state index is 12.1. The Morgan fingerprint density at radius 2 is 1.90 bits per heavy atom. The number of hydrogen-bond acceptors (Lipinski definition) is 4. The molecule has 1 heterocycles. The van der Waals surface area contributed by atoms with Crippen molar-refractivity contribution >= 4 is 17.3 Å². The number of anilines is 2. The van der Waals surface area contributed by atoms with Crippen molar-refractivity contribution in [2.45, 2.75) is 20.0 Å². The summed E-state index contributed by atoms with van der Waals surface area (Å²) in [7, 11) is 0. The van der Waals surface area contributed by atoms with E-state index in [0.717, 1.165) is 4.57 Å².